The van der Waals surface area contributed by atoms with Gasteiger partial charge >= 0.3 is 0 Å². The van der Waals surface area contributed by atoms with Crippen molar-refractivity contribution in [2.24, 2.45) is 0 Å². The molecule has 4 rings (SSSR count). The van der Waals surface area contributed by atoms with Gasteiger partial charge in [0, 0.05) is 56.3 Å². The number of nitrogens with zero attached hydrogens (tertiary/aromatic N) is 4. The summed E-state index contributed by atoms with van der Waals surface area (Å²) >= 11 is 5.71. The maximum absolute atomic E-state index is 5.71. The van der Waals surface area contributed by atoms with Crippen molar-refractivity contribution in [3.05, 3.63) is 42.5 Å². The number of H-pyrrole nitrogens is 1. The molecule has 1 aliphatic heterocycles. The van der Waals surface area contributed by atoms with Gasteiger partial charge in [0.05, 0.1) is 18.6 Å². The summed E-state index contributed by atoms with van der Waals surface area (Å²) in [7, 11) is 0. The fraction of sp³-hybridized carbons (Fsp3) is 0.583. The molecule has 31 heavy (non-hydrogen) atoms. The van der Waals surface area contributed by atoms with Crippen molar-refractivity contribution in [2.75, 3.05) is 42.5 Å². The molecule has 0 spiro atoms. The van der Waals surface area contributed by atoms with E-state index in [-0.39, 0.29) is 0 Å². The van der Waals surface area contributed by atoms with Crippen LogP contribution in [0.25, 0.3) is 0 Å². The summed E-state index contributed by atoms with van der Waals surface area (Å²) in [5.41, 5.74) is 3.70. The van der Waals surface area contributed by atoms with E-state index >= 15 is 0 Å². The Kier molecular flexibility index (Phi) is 7.67. The molecule has 2 aromatic rings. The lowest BCUT2D eigenvalue weighted by Crippen LogP contribution is -2.53. The Balaban J connectivity index is 1.29. The SMILES string of the molecule is CCCN(Cc1cnc[nH]1)c1ccc(N2CCN(C(=S)NC3CCCCC3)CC2)cc1. The molecular weight excluding hydrogens is 404 g/mol. The Hall–Kier alpha value is -2.28. The van der Waals surface area contributed by atoms with E-state index in [1.165, 1.54) is 43.5 Å². The first-order valence-electron chi connectivity index (χ1n) is 11.9. The highest BCUT2D eigenvalue weighted by molar-refractivity contribution is 7.80. The monoisotopic (exact) mass is 440 g/mol. The summed E-state index contributed by atoms with van der Waals surface area (Å²) in [5.74, 6) is 0. The molecular formula is C24H36N6S. The summed E-state index contributed by atoms with van der Waals surface area (Å²) in [6.07, 6.45) is 11.4. The van der Waals surface area contributed by atoms with Crippen LogP contribution in [0, 0.1) is 0 Å². The van der Waals surface area contributed by atoms with Crippen LogP contribution in [0.5, 0.6) is 0 Å². The number of aromatic nitrogens is 2. The zero-order valence-corrected chi connectivity index (χ0v) is 19.5. The van der Waals surface area contributed by atoms with Crippen molar-refractivity contribution in [3.8, 4) is 0 Å². The van der Waals surface area contributed by atoms with Crippen molar-refractivity contribution in [2.45, 2.75) is 58.0 Å². The zero-order chi connectivity index (χ0) is 21.5. The topological polar surface area (TPSA) is 50.4 Å². The second-order valence-corrected chi connectivity index (χ2v) is 9.16. The Labute approximate surface area is 192 Å². The van der Waals surface area contributed by atoms with E-state index in [9.17, 15) is 0 Å². The molecule has 0 atom stereocenters. The van der Waals surface area contributed by atoms with Crippen LogP contribution in [0.2, 0.25) is 0 Å². The third kappa shape index (κ3) is 5.91. The van der Waals surface area contributed by atoms with E-state index in [0.717, 1.165) is 56.5 Å². The number of rotatable bonds is 7. The van der Waals surface area contributed by atoms with Gasteiger partial charge in [-0.3, -0.25) is 0 Å². The van der Waals surface area contributed by atoms with Gasteiger partial charge < -0.3 is 25.0 Å². The molecule has 0 bridgehead atoms. The summed E-state index contributed by atoms with van der Waals surface area (Å²) < 4.78 is 0. The van der Waals surface area contributed by atoms with Gasteiger partial charge in [0.25, 0.3) is 0 Å². The van der Waals surface area contributed by atoms with Gasteiger partial charge in [-0.1, -0.05) is 26.2 Å². The molecule has 2 aliphatic rings. The van der Waals surface area contributed by atoms with Crippen LogP contribution >= 0.6 is 12.2 Å². The third-order valence-corrected chi connectivity index (χ3v) is 6.87. The van der Waals surface area contributed by atoms with Crippen LogP contribution in [-0.2, 0) is 6.54 Å². The molecule has 0 radical (unpaired) electrons. The third-order valence-electron chi connectivity index (χ3n) is 6.49. The molecule has 2 fully saturated rings. The molecule has 1 aromatic heterocycles. The van der Waals surface area contributed by atoms with Crippen LogP contribution in [0.15, 0.2) is 36.8 Å². The minimum Gasteiger partial charge on any atom is -0.368 e. The second kappa shape index (κ2) is 10.8. The maximum atomic E-state index is 5.71. The van der Waals surface area contributed by atoms with E-state index < -0.39 is 0 Å². The molecule has 0 amide bonds. The van der Waals surface area contributed by atoms with Gasteiger partial charge in [-0.15, -0.1) is 0 Å². The average molecular weight is 441 g/mol. The van der Waals surface area contributed by atoms with Crippen LogP contribution in [-0.4, -0.2) is 58.7 Å². The summed E-state index contributed by atoms with van der Waals surface area (Å²) in [5, 5.41) is 4.57. The number of hydrogen-bond donors (Lipinski definition) is 2. The average Bonchev–Trinajstić information content (AvgIpc) is 3.33. The van der Waals surface area contributed by atoms with Gasteiger partial charge in [-0.25, -0.2) is 4.98 Å². The molecule has 168 valence electrons. The number of hydrogen-bond acceptors (Lipinski definition) is 4. The van der Waals surface area contributed by atoms with Gasteiger partial charge in [0.1, 0.15) is 0 Å². The molecule has 1 aromatic carbocycles. The Morgan fingerprint density at radius 2 is 1.87 bits per heavy atom. The van der Waals surface area contributed by atoms with Crippen molar-refractivity contribution >= 4 is 28.7 Å². The van der Waals surface area contributed by atoms with Gasteiger partial charge in [-0.05, 0) is 55.7 Å². The van der Waals surface area contributed by atoms with E-state index in [4.69, 9.17) is 12.2 Å². The molecule has 2 heterocycles. The Morgan fingerprint density at radius 3 is 2.52 bits per heavy atom. The van der Waals surface area contributed by atoms with Gasteiger partial charge in [-0.2, -0.15) is 0 Å². The molecule has 6 nitrogen and oxygen atoms in total. The number of imidazole rings is 1. The lowest BCUT2D eigenvalue weighted by atomic mass is 9.96. The van der Waals surface area contributed by atoms with Crippen molar-refractivity contribution < 1.29 is 0 Å². The van der Waals surface area contributed by atoms with Crippen LogP contribution in [0.1, 0.15) is 51.1 Å². The molecule has 2 N–H and O–H groups in total. The normalized spacial score (nSPS) is 17.6. The predicted molar refractivity (Wildman–Crippen MR) is 133 cm³/mol. The second-order valence-electron chi connectivity index (χ2n) is 8.77. The maximum Gasteiger partial charge on any atom is 0.169 e. The first-order chi connectivity index (χ1) is 15.2. The van der Waals surface area contributed by atoms with E-state index in [1.807, 2.05) is 6.20 Å². The number of aromatic amines is 1. The smallest absolute Gasteiger partial charge is 0.169 e. The quantitative estimate of drug-likeness (QED) is 0.631. The Morgan fingerprint density at radius 1 is 1.13 bits per heavy atom. The fourth-order valence-electron chi connectivity index (χ4n) is 4.70. The number of benzene rings is 1. The largest absolute Gasteiger partial charge is 0.368 e. The predicted octanol–water partition coefficient (Wildman–Crippen LogP) is 4.16. The Bertz CT molecular complexity index is 792. The molecule has 1 aliphatic carbocycles. The van der Waals surface area contributed by atoms with E-state index in [1.54, 1.807) is 6.33 Å². The van der Waals surface area contributed by atoms with Crippen molar-refractivity contribution in [1.29, 1.82) is 0 Å². The number of anilines is 2. The number of nitrogens with one attached hydrogen (secondary N) is 2. The van der Waals surface area contributed by atoms with Crippen molar-refractivity contribution in [1.82, 2.24) is 20.2 Å². The minimum atomic E-state index is 0.583. The molecule has 7 heteroatoms. The minimum absolute atomic E-state index is 0.583. The summed E-state index contributed by atoms with van der Waals surface area (Å²) in [6.45, 7) is 8.11. The zero-order valence-electron chi connectivity index (χ0n) is 18.7. The molecule has 1 saturated heterocycles. The highest BCUT2D eigenvalue weighted by Gasteiger charge is 2.22. The lowest BCUT2D eigenvalue weighted by molar-refractivity contribution is 0.355. The first-order valence-corrected chi connectivity index (χ1v) is 12.3. The molecule has 0 unspecified atom stereocenters. The standard InChI is InChI=1S/C24H36N6S/c1-2-12-30(18-21-17-25-19-26-21)23-10-8-22(9-11-23)28-13-15-29(16-14-28)24(31)27-20-6-4-3-5-7-20/h8-11,17,19-20H,2-7,12-16,18H2,1H3,(H,25,26)(H,27,31). The number of thiocarbonyl (C=S) groups is 1. The lowest BCUT2D eigenvalue weighted by Gasteiger charge is -2.38. The fourth-order valence-corrected chi connectivity index (χ4v) is 5.05. The van der Waals surface area contributed by atoms with Crippen LogP contribution < -0.4 is 15.1 Å². The molecule has 1 saturated carbocycles. The van der Waals surface area contributed by atoms with Gasteiger partial charge in [0.2, 0.25) is 0 Å². The number of piperazine rings is 1. The summed E-state index contributed by atoms with van der Waals surface area (Å²) in [6, 6.07) is 9.62. The van der Waals surface area contributed by atoms with E-state index in [2.05, 4.69) is 61.2 Å². The summed E-state index contributed by atoms with van der Waals surface area (Å²) in [4.78, 5) is 14.6. The highest BCUT2D eigenvalue weighted by Crippen LogP contribution is 2.24. The van der Waals surface area contributed by atoms with Crippen LogP contribution in [0.4, 0.5) is 11.4 Å². The first kappa shape index (κ1) is 21.9. The van der Waals surface area contributed by atoms with Crippen LogP contribution in [0.3, 0.4) is 0 Å². The van der Waals surface area contributed by atoms with Crippen molar-refractivity contribution in [3.63, 3.8) is 0 Å². The highest BCUT2D eigenvalue weighted by atomic mass is 32.1. The van der Waals surface area contributed by atoms with Gasteiger partial charge in [0.15, 0.2) is 5.11 Å². The van der Waals surface area contributed by atoms with E-state index in [0.29, 0.717) is 6.04 Å².